The zero-order valence-electron chi connectivity index (χ0n) is 11.8. The highest BCUT2D eigenvalue weighted by Gasteiger charge is 2.17. The summed E-state index contributed by atoms with van der Waals surface area (Å²) in [7, 11) is 0. The van der Waals surface area contributed by atoms with Gasteiger partial charge in [-0.05, 0) is 24.1 Å². The van der Waals surface area contributed by atoms with E-state index in [4.69, 9.17) is 10.2 Å². The first kappa shape index (κ1) is 16.5. The van der Waals surface area contributed by atoms with Gasteiger partial charge in [0.2, 0.25) is 5.91 Å². The van der Waals surface area contributed by atoms with Crippen molar-refractivity contribution in [2.75, 3.05) is 5.32 Å². The fourth-order valence-corrected chi connectivity index (χ4v) is 1.73. The van der Waals surface area contributed by atoms with Gasteiger partial charge < -0.3 is 15.5 Å². The Balaban J connectivity index is 0.00000200. The van der Waals surface area contributed by atoms with Gasteiger partial charge in [0, 0.05) is 12.1 Å². The highest BCUT2D eigenvalue weighted by Crippen LogP contribution is 2.20. The van der Waals surface area contributed by atoms with Crippen molar-refractivity contribution in [2.24, 2.45) is 11.7 Å². The molecule has 1 aromatic carbocycles. The Morgan fingerprint density at radius 1 is 1.45 bits per heavy atom. The lowest BCUT2D eigenvalue weighted by Crippen LogP contribution is -2.39. The molecule has 0 saturated heterocycles. The van der Waals surface area contributed by atoms with Crippen LogP contribution >= 0.6 is 12.4 Å². The van der Waals surface area contributed by atoms with E-state index in [0.29, 0.717) is 11.6 Å². The number of amides is 1. The van der Waals surface area contributed by atoms with Gasteiger partial charge in [0.25, 0.3) is 0 Å². The summed E-state index contributed by atoms with van der Waals surface area (Å²) < 4.78 is 5.51. The number of nitrogens with two attached hydrogens (primary N) is 1. The van der Waals surface area contributed by atoms with Gasteiger partial charge in [-0.1, -0.05) is 20.8 Å². The Morgan fingerprint density at radius 3 is 2.75 bits per heavy atom. The zero-order valence-corrected chi connectivity index (χ0v) is 12.7. The van der Waals surface area contributed by atoms with Crippen LogP contribution in [0.1, 0.15) is 26.7 Å². The molecule has 1 amide bonds. The maximum Gasteiger partial charge on any atom is 0.241 e. The highest BCUT2D eigenvalue weighted by molar-refractivity contribution is 5.96. The van der Waals surface area contributed by atoms with Crippen LogP contribution in [0.15, 0.2) is 22.6 Å². The number of carbonyl (C=O) groups excluding carboxylic acids is 1. The number of nitrogens with zero attached hydrogens (tertiary/aromatic N) is 1. The van der Waals surface area contributed by atoms with Crippen molar-refractivity contribution < 1.29 is 9.21 Å². The second kappa shape index (κ2) is 6.72. The Kier molecular flexibility index (Phi) is 5.53. The molecule has 0 unspecified atom stereocenters. The molecule has 1 aromatic heterocycles. The Morgan fingerprint density at radius 2 is 2.15 bits per heavy atom. The minimum atomic E-state index is -0.515. The molecule has 2 rings (SSSR count). The minimum Gasteiger partial charge on any atom is -0.441 e. The molecule has 0 aliphatic carbocycles. The maximum atomic E-state index is 11.9. The van der Waals surface area contributed by atoms with Crippen molar-refractivity contribution in [3.05, 3.63) is 24.1 Å². The predicted octanol–water partition coefficient (Wildman–Crippen LogP) is 2.73. The van der Waals surface area contributed by atoms with Crippen molar-refractivity contribution in [3.8, 4) is 0 Å². The van der Waals surface area contributed by atoms with Crippen molar-refractivity contribution >= 4 is 35.1 Å². The van der Waals surface area contributed by atoms with E-state index in [9.17, 15) is 4.79 Å². The molecule has 0 fully saturated rings. The number of benzene rings is 1. The van der Waals surface area contributed by atoms with Crippen molar-refractivity contribution in [1.29, 1.82) is 0 Å². The summed E-state index contributed by atoms with van der Waals surface area (Å²) in [4.78, 5) is 16.2. The van der Waals surface area contributed by atoms with Crippen LogP contribution in [0.4, 0.5) is 5.69 Å². The lowest BCUT2D eigenvalue weighted by molar-refractivity contribution is -0.118. The number of anilines is 1. The Bertz CT molecular complexity index is 595. The second-order valence-corrected chi connectivity index (χ2v) is 4.90. The number of aromatic nitrogens is 1. The monoisotopic (exact) mass is 297 g/mol. The second-order valence-electron chi connectivity index (χ2n) is 4.90. The number of halogens is 1. The fraction of sp³-hybridized carbons (Fsp3) is 0.429. The average Bonchev–Trinajstić information content (AvgIpc) is 2.79. The summed E-state index contributed by atoms with van der Waals surface area (Å²) >= 11 is 0. The van der Waals surface area contributed by atoms with Crippen LogP contribution in [0.3, 0.4) is 0 Å². The van der Waals surface area contributed by atoms with E-state index in [2.05, 4.69) is 10.3 Å². The molecular weight excluding hydrogens is 278 g/mol. The number of fused-ring (bicyclic) bond motifs is 1. The summed E-state index contributed by atoms with van der Waals surface area (Å²) in [6.07, 6.45) is 0.745. The molecule has 1 heterocycles. The largest absolute Gasteiger partial charge is 0.441 e. The van der Waals surface area contributed by atoms with Crippen LogP contribution in [0, 0.1) is 5.92 Å². The number of rotatable bonds is 4. The van der Waals surface area contributed by atoms with Crippen molar-refractivity contribution in [2.45, 2.75) is 33.2 Å². The summed E-state index contributed by atoms with van der Waals surface area (Å²) in [5, 5.41) is 2.80. The van der Waals surface area contributed by atoms with Crippen LogP contribution < -0.4 is 11.1 Å². The molecule has 2 aromatic rings. The number of nitrogens with one attached hydrogen (secondary N) is 1. The summed E-state index contributed by atoms with van der Waals surface area (Å²) in [6.45, 7) is 5.81. The van der Waals surface area contributed by atoms with Crippen LogP contribution in [-0.2, 0) is 11.2 Å². The molecule has 0 saturated carbocycles. The normalized spacial score (nSPS) is 12.2. The third-order valence-corrected chi connectivity index (χ3v) is 3.02. The molecule has 0 spiro atoms. The van der Waals surface area contributed by atoms with Gasteiger partial charge in [-0.3, -0.25) is 4.79 Å². The van der Waals surface area contributed by atoms with E-state index in [1.54, 1.807) is 18.2 Å². The van der Waals surface area contributed by atoms with Gasteiger partial charge in [0.1, 0.15) is 5.52 Å². The zero-order chi connectivity index (χ0) is 14.0. The van der Waals surface area contributed by atoms with Crippen LogP contribution in [0.25, 0.3) is 11.1 Å². The van der Waals surface area contributed by atoms with Crippen LogP contribution in [0.2, 0.25) is 0 Å². The van der Waals surface area contributed by atoms with Crippen molar-refractivity contribution in [1.82, 2.24) is 4.98 Å². The molecule has 20 heavy (non-hydrogen) atoms. The SMILES string of the molecule is CCc1nc2cc(NC(=O)[C@H](N)C(C)C)ccc2o1.Cl. The number of hydrogen-bond acceptors (Lipinski definition) is 4. The van der Waals surface area contributed by atoms with Gasteiger partial charge in [-0.25, -0.2) is 4.98 Å². The number of carbonyl (C=O) groups is 1. The first-order chi connectivity index (χ1) is 9.01. The van der Waals surface area contributed by atoms with Crippen LogP contribution in [0.5, 0.6) is 0 Å². The average molecular weight is 298 g/mol. The van der Waals surface area contributed by atoms with E-state index >= 15 is 0 Å². The topological polar surface area (TPSA) is 81.2 Å². The molecule has 0 bridgehead atoms. The third kappa shape index (κ3) is 3.49. The van der Waals surface area contributed by atoms with Gasteiger partial charge in [-0.15, -0.1) is 12.4 Å². The maximum absolute atomic E-state index is 11.9. The van der Waals surface area contributed by atoms with Crippen molar-refractivity contribution in [3.63, 3.8) is 0 Å². The van der Waals surface area contributed by atoms with E-state index in [-0.39, 0.29) is 24.2 Å². The Labute approximate surface area is 124 Å². The van der Waals surface area contributed by atoms with Gasteiger partial charge >= 0.3 is 0 Å². The molecule has 6 heteroatoms. The summed E-state index contributed by atoms with van der Waals surface area (Å²) in [5.41, 5.74) is 7.95. The molecule has 5 nitrogen and oxygen atoms in total. The first-order valence-electron chi connectivity index (χ1n) is 6.47. The van der Waals surface area contributed by atoms with Gasteiger partial charge in [0.05, 0.1) is 6.04 Å². The molecule has 0 aliphatic heterocycles. The van der Waals surface area contributed by atoms with E-state index < -0.39 is 6.04 Å². The number of aryl methyl sites for hydroxylation is 1. The summed E-state index contributed by atoms with van der Waals surface area (Å²) in [5.74, 6) is 0.605. The van der Waals surface area contributed by atoms with Gasteiger partial charge in [-0.2, -0.15) is 0 Å². The van der Waals surface area contributed by atoms with E-state index in [1.165, 1.54) is 0 Å². The molecular formula is C14H20ClN3O2. The minimum absolute atomic E-state index is 0. The van der Waals surface area contributed by atoms with Gasteiger partial charge in [0.15, 0.2) is 11.5 Å². The smallest absolute Gasteiger partial charge is 0.241 e. The molecule has 110 valence electrons. The standard InChI is InChI=1S/C14H19N3O2.ClH/c1-4-12-17-10-7-9(5-6-11(10)19-12)16-14(18)13(15)8(2)3;/h5-8,13H,4,15H2,1-3H3,(H,16,18);1H/t13-;/m1./s1. The fourth-order valence-electron chi connectivity index (χ4n) is 1.73. The lowest BCUT2D eigenvalue weighted by Gasteiger charge is -2.15. The molecule has 1 atom stereocenters. The van der Waals surface area contributed by atoms with E-state index in [1.807, 2.05) is 20.8 Å². The lowest BCUT2D eigenvalue weighted by atomic mass is 10.0. The van der Waals surface area contributed by atoms with Crippen LogP contribution in [-0.4, -0.2) is 16.9 Å². The van der Waals surface area contributed by atoms with E-state index in [0.717, 1.165) is 17.5 Å². The molecule has 3 N–H and O–H groups in total. The summed E-state index contributed by atoms with van der Waals surface area (Å²) in [6, 6.07) is 4.87. The third-order valence-electron chi connectivity index (χ3n) is 3.02. The predicted molar refractivity (Wildman–Crippen MR) is 82.1 cm³/mol. The Hall–Kier alpha value is -1.59. The first-order valence-corrected chi connectivity index (χ1v) is 6.47. The quantitative estimate of drug-likeness (QED) is 0.909. The number of oxazole rings is 1. The highest BCUT2D eigenvalue weighted by atomic mass is 35.5. The molecule has 0 radical (unpaired) electrons. The molecule has 0 aliphatic rings. The number of hydrogen-bond donors (Lipinski definition) is 2.